The molecule has 1 aromatic carbocycles. The fourth-order valence-electron chi connectivity index (χ4n) is 6.21. The van der Waals surface area contributed by atoms with E-state index >= 15 is 4.39 Å². The molecule has 0 N–H and O–H groups in total. The summed E-state index contributed by atoms with van der Waals surface area (Å²) in [5.74, 6) is -1.93. The topological polar surface area (TPSA) is 103 Å². The number of halogens is 2. The highest BCUT2D eigenvalue weighted by Crippen LogP contribution is 2.47. The molecule has 47 heavy (non-hydrogen) atoms. The van der Waals surface area contributed by atoms with Gasteiger partial charge in [0, 0.05) is 71.9 Å². The van der Waals surface area contributed by atoms with Gasteiger partial charge in [0.1, 0.15) is 41.1 Å². The second-order valence-corrected chi connectivity index (χ2v) is 12.5. The molecule has 2 amide bonds. The highest BCUT2D eigenvalue weighted by atomic mass is 32.1. The Balaban J connectivity index is 1.48. The number of hydrogen-bond acceptors (Lipinski definition) is 8. The number of methoxy groups -OCH3 is 1. The van der Waals surface area contributed by atoms with Crippen molar-refractivity contribution in [2.24, 2.45) is 0 Å². The van der Waals surface area contributed by atoms with Gasteiger partial charge < -0.3 is 19.3 Å². The van der Waals surface area contributed by atoms with Crippen LogP contribution in [0.15, 0.2) is 54.6 Å². The third-order valence-electron chi connectivity index (χ3n) is 8.48. The number of thiophene rings is 1. The number of benzene rings is 1. The van der Waals surface area contributed by atoms with E-state index in [1.807, 2.05) is 35.2 Å². The fraction of sp³-hybridized carbons (Fsp3) is 0.265. The van der Waals surface area contributed by atoms with Crippen LogP contribution in [-0.2, 0) is 29.2 Å². The third-order valence-corrected chi connectivity index (χ3v) is 9.42. The van der Waals surface area contributed by atoms with Crippen molar-refractivity contribution in [3.05, 3.63) is 83.1 Å². The van der Waals surface area contributed by atoms with Gasteiger partial charge in [-0.3, -0.25) is 19.3 Å². The lowest BCUT2D eigenvalue weighted by molar-refractivity contribution is -0.129. The number of amides is 2. The number of rotatable bonds is 8. The van der Waals surface area contributed by atoms with Crippen LogP contribution in [0.1, 0.15) is 28.7 Å². The molecule has 0 bridgehead atoms. The molecular weight excluding hydrogens is 626 g/mol. The number of carbonyl (C=O) groups excluding carboxylic acids is 2. The van der Waals surface area contributed by atoms with Gasteiger partial charge in [-0.1, -0.05) is 6.58 Å². The Labute approximate surface area is 272 Å². The lowest BCUT2D eigenvalue weighted by Crippen LogP contribution is -2.44. The zero-order chi connectivity index (χ0) is 33.0. The minimum atomic E-state index is -0.816. The zero-order valence-electron chi connectivity index (χ0n) is 25.9. The van der Waals surface area contributed by atoms with Crippen molar-refractivity contribution in [1.82, 2.24) is 29.5 Å². The summed E-state index contributed by atoms with van der Waals surface area (Å²) in [5, 5.41) is 7.51. The molecule has 0 saturated carbocycles. The summed E-state index contributed by atoms with van der Waals surface area (Å²) in [4.78, 5) is 38.1. The number of hydrogen-bond donors (Lipinski definition) is 0. The van der Waals surface area contributed by atoms with Gasteiger partial charge >= 0.3 is 0 Å². The van der Waals surface area contributed by atoms with Gasteiger partial charge in [0.15, 0.2) is 0 Å². The summed E-state index contributed by atoms with van der Waals surface area (Å²) in [6, 6.07) is 7.48. The molecule has 2 aliphatic heterocycles. The summed E-state index contributed by atoms with van der Waals surface area (Å²) in [7, 11) is 3.24. The van der Waals surface area contributed by atoms with Crippen molar-refractivity contribution in [3.63, 3.8) is 0 Å². The van der Waals surface area contributed by atoms with Crippen molar-refractivity contribution >= 4 is 33.2 Å². The second-order valence-electron chi connectivity index (χ2n) is 11.6. The van der Waals surface area contributed by atoms with Gasteiger partial charge in [0.05, 0.1) is 36.6 Å². The molecular formula is C34H30F2N6O4S. The summed E-state index contributed by atoms with van der Waals surface area (Å²) in [6.45, 7) is 7.01. The maximum atomic E-state index is 16.0. The van der Waals surface area contributed by atoms with E-state index < -0.39 is 11.6 Å². The maximum absolute atomic E-state index is 16.0. The molecule has 6 heterocycles. The van der Waals surface area contributed by atoms with Gasteiger partial charge in [0.2, 0.25) is 5.91 Å². The van der Waals surface area contributed by atoms with E-state index in [9.17, 15) is 14.0 Å². The van der Waals surface area contributed by atoms with Gasteiger partial charge in [-0.2, -0.15) is 5.10 Å². The van der Waals surface area contributed by atoms with E-state index in [1.165, 1.54) is 24.5 Å². The molecule has 0 saturated heterocycles. The standard InChI is InChI=1S/C34H30F2N6O4S/c1-5-27(43)41-17-22-13-25(39-42(22)15-18(41)2)32-29(28-24(36)11-21(35)12-26(28)46-8-7-45-4)33-23(6-9-47-33)30(38-32)19-10-20-16-40(3)34(44)31(20)37-14-19/h5-6,9-14,18H,1,7-8,15-17H2,2-4H3/t18-/m1/s1. The average Bonchev–Trinajstić information content (AvgIpc) is 3.77. The molecule has 10 nitrogen and oxygen atoms in total. The first kappa shape index (κ1) is 30.6. The van der Waals surface area contributed by atoms with E-state index in [4.69, 9.17) is 19.6 Å². The van der Waals surface area contributed by atoms with Crippen LogP contribution >= 0.6 is 11.3 Å². The Morgan fingerprint density at radius 1 is 1.13 bits per heavy atom. The Morgan fingerprint density at radius 3 is 2.74 bits per heavy atom. The summed E-state index contributed by atoms with van der Waals surface area (Å²) in [5.41, 5.74) is 4.44. The first-order valence-corrected chi connectivity index (χ1v) is 15.8. The molecule has 0 unspecified atom stereocenters. The van der Waals surface area contributed by atoms with Crippen molar-refractivity contribution < 1.29 is 27.8 Å². The minimum absolute atomic E-state index is 0.00569. The maximum Gasteiger partial charge on any atom is 0.272 e. The molecule has 5 aromatic rings. The van der Waals surface area contributed by atoms with E-state index in [0.717, 1.165) is 28.8 Å². The van der Waals surface area contributed by atoms with E-state index in [0.29, 0.717) is 58.2 Å². The Hall–Kier alpha value is -5.01. The predicted octanol–water partition coefficient (Wildman–Crippen LogP) is 5.69. The normalized spacial score (nSPS) is 15.7. The summed E-state index contributed by atoms with van der Waals surface area (Å²) in [6.07, 6.45) is 2.91. The number of pyridine rings is 2. The first-order chi connectivity index (χ1) is 22.7. The molecule has 0 aliphatic carbocycles. The van der Waals surface area contributed by atoms with Crippen LogP contribution in [0.5, 0.6) is 5.75 Å². The highest BCUT2D eigenvalue weighted by Gasteiger charge is 2.31. The number of aromatic nitrogens is 4. The van der Waals surface area contributed by atoms with Crippen molar-refractivity contribution in [3.8, 4) is 39.5 Å². The van der Waals surface area contributed by atoms with Crippen molar-refractivity contribution in [2.45, 2.75) is 32.6 Å². The van der Waals surface area contributed by atoms with E-state index in [2.05, 4.69) is 11.6 Å². The van der Waals surface area contributed by atoms with E-state index in [-0.39, 0.29) is 42.4 Å². The van der Waals surface area contributed by atoms with Gasteiger partial charge in [0.25, 0.3) is 5.91 Å². The summed E-state index contributed by atoms with van der Waals surface area (Å²) < 4.78 is 44.2. The minimum Gasteiger partial charge on any atom is -0.490 e. The summed E-state index contributed by atoms with van der Waals surface area (Å²) >= 11 is 1.38. The largest absolute Gasteiger partial charge is 0.490 e. The van der Waals surface area contributed by atoms with Crippen molar-refractivity contribution in [1.29, 1.82) is 0 Å². The monoisotopic (exact) mass is 656 g/mol. The van der Waals surface area contributed by atoms with Crippen LogP contribution in [0.4, 0.5) is 8.78 Å². The molecule has 1 atom stereocenters. The molecule has 7 rings (SSSR count). The SMILES string of the molecule is C=CC(=O)N1Cc2cc(-c3nc(-c4cnc5c(c4)CN(C)C5=O)c4ccsc4c3-c3c(F)cc(F)cc3OCCOC)nn2C[C@H]1C. The molecule has 4 aromatic heterocycles. The molecule has 13 heteroatoms. The molecule has 0 spiro atoms. The van der Waals surface area contributed by atoms with E-state index in [1.54, 1.807) is 23.0 Å². The van der Waals surface area contributed by atoms with Crippen LogP contribution in [0.3, 0.4) is 0 Å². The molecule has 240 valence electrons. The Kier molecular flexibility index (Phi) is 7.80. The van der Waals surface area contributed by atoms with Crippen LogP contribution < -0.4 is 4.74 Å². The quantitative estimate of drug-likeness (QED) is 0.156. The van der Waals surface area contributed by atoms with Crippen LogP contribution in [0.2, 0.25) is 0 Å². The number of nitrogens with zero attached hydrogens (tertiary/aromatic N) is 6. The van der Waals surface area contributed by atoms with Crippen molar-refractivity contribution in [2.75, 3.05) is 27.4 Å². The van der Waals surface area contributed by atoms with Crippen LogP contribution in [0.25, 0.3) is 43.9 Å². The second kappa shape index (κ2) is 12.0. The fourth-order valence-corrected chi connectivity index (χ4v) is 7.16. The van der Waals surface area contributed by atoms with Gasteiger partial charge in [-0.15, -0.1) is 11.3 Å². The van der Waals surface area contributed by atoms with Gasteiger partial charge in [-0.25, -0.2) is 13.8 Å². The Morgan fingerprint density at radius 2 is 1.96 bits per heavy atom. The molecule has 2 aliphatic rings. The lowest BCUT2D eigenvalue weighted by Gasteiger charge is -2.33. The zero-order valence-corrected chi connectivity index (χ0v) is 26.7. The molecule has 0 radical (unpaired) electrons. The smallest absolute Gasteiger partial charge is 0.272 e. The van der Waals surface area contributed by atoms with Crippen LogP contribution in [0, 0.1) is 11.6 Å². The number of fused-ring (bicyclic) bond motifs is 3. The average molecular weight is 657 g/mol. The number of ether oxygens (including phenoxy) is 2. The lowest BCUT2D eigenvalue weighted by atomic mass is 9.96. The van der Waals surface area contributed by atoms with Gasteiger partial charge in [-0.05, 0) is 36.6 Å². The first-order valence-electron chi connectivity index (χ1n) is 15.0. The third kappa shape index (κ3) is 5.25. The highest BCUT2D eigenvalue weighted by molar-refractivity contribution is 7.18. The van der Waals surface area contributed by atoms with Crippen LogP contribution in [-0.4, -0.2) is 74.8 Å². The number of carbonyl (C=O) groups is 2. The predicted molar refractivity (Wildman–Crippen MR) is 173 cm³/mol. The Bertz CT molecular complexity index is 2090. The molecule has 0 fully saturated rings.